The van der Waals surface area contributed by atoms with Crippen molar-refractivity contribution in [2.24, 2.45) is 0 Å². The first-order valence-electron chi connectivity index (χ1n) is 6.66. The highest BCUT2D eigenvalue weighted by molar-refractivity contribution is 7.98. The number of hydrogen-bond acceptors (Lipinski definition) is 4. The molecule has 0 saturated heterocycles. The average Bonchev–Trinajstić information content (AvgIpc) is 2.45. The quantitative estimate of drug-likeness (QED) is 0.841. The molecule has 0 saturated carbocycles. The molecule has 1 N–H and O–H groups in total. The minimum Gasteiger partial charge on any atom is -0.370 e. The molecule has 112 valence electrons. The maximum absolute atomic E-state index is 13.4. The summed E-state index contributed by atoms with van der Waals surface area (Å²) < 4.78 is 13.4. The molecule has 0 bridgehead atoms. The Hall–Kier alpha value is -1.30. The molecular formula is C14H22FN3OS. The number of halogens is 1. The number of hydrogen-bond donors (Lipinski definition) is 1. The second-order valence-corrected chi connectivity index (χ2v) is 5.61. The number of aromatic nitrogens is 1. The number of carbonyl (C=O) groups is 1. The van der Waals surface area contributed by atoms with Crippen molar-refractivity contribution in [1.29, 1.82) is 0 Å². The Morgan fingerprint density at radius 3 is 2.90 bits per heavy atom. The summed E-state index contributed by atoms with van der Waals surface area (Å²) in [6.45, 7) is 4.53. The Bertz CT molecular complexity index is 456. The maximum Gasteiger partial charge on any atom is 0.257 e. The van der Waals surface area contributed by atoms with E-state index in [2.05, 4.69) is 10.3 Å². The zero-order valence-electron chi connectivity index (χ0n) is 12.4. The fourth-order valence-corrected chi connectivity index (χ4v) is 2.36. The zero-order valence-corrected chi connectivity index (χ0v) is 13.3. The standard InChI is InChI=1S/C14H22FN3OS/c1-5-16-13-12(8-11(15)9-17-13)14(19)18(3)10(2)6-7-20-4/h8-10H,5-7H2,1-4H3,(H,16,17). The SMILES string of the molecule is CCNc1ncc(F)cc1C(=O)N(C)C(C)CCSC. The molecule has 0 fully saturated rings. The molecule has 1 atom stereocenters. The van der Waals surface area contributed by atoms with Gasteiger partial charge in [-0.1, -0.05) is 0 Å². The molecule has 6 heteroatoms. The molecule has 0 radical (unpaired) electrons. The number of nitrogens with zero attached hydrogens (tertiary/aromatic N) is 2. The van der Waals surface area contributed by atoms with Gasteiger partial charge in [0.2, 0.25) is 0 Å². The van der Waals surface area contributed by atoms with Gasteiger partial charge in [0.1, 0.15) is 11.6 Å². The van der Waals surface area contributed by atoms with Gasteiger partial charge in [-0.05, 0) is 38.3 Å². The molecule has 1 rings (SSSR count). The van der Waals surface area contributed by atoms with E-state index in [1.807, 2.05) is 20.1 Å². The van der Waals surface area contributed by atoms with Crippen molar-refractivity contribution in [2.75, 3.05) is 30.9 Å². The van der Waals surface area contributed by atoms with Gasteiger partial charge in [-0.25, -0.2) is 9.37 Å². The topological polar surface area (TPSA) is 45.2 Å². The van der Waals surface area contributed by atoms with Gasteiger partial charge in [-0.15, -0.1) is 0 Å². The van der Waals surface area contributed by atoms with Gasteiger partial charge in [-0.2, -0.15) is 11.8 Å². The van der Waals surface area contributed by atoms with Crippen LogP contribution in [0.25, 0.3) is 0 Å². The van der Waals surface area contributed by atoms with Gasteiger partial charge < -0.3 is 10.2 Å². The molecule has 0 aliphatic rings. The van der Waals surface area contributed by atoms with E-state index in [4.69, 9.17) is 0 Å². The number of nitrogens with one attached hydrogen (secondary N) is 1. The van der Waals surface area contributed by atoms with Gasteiger partial charge in [0.05, 0.1) is 11.8 Å². The summed E-state index contributed by atoms with van der Waals surface area (Å²) in [6, 6.07) is 1.35. The maximum atomic E-state index is 13.4. The molecule has 0 aliphatic heterocycles. The summed E-state index contributed by atoms with van der Waals surface area (Å²) in [5.41, 5.74) is 0.283. The molecule has 1 amide bonds. The molecule has 20 heavy (non-hydrogen) atoms. The summed E-state index contributed by atoms with van der Waals surface area (Å²) in [6.07, 6.45) is 4.06. The molecule has 0 aliphatic carbocycles. The number of amides is 1. The van der Waals surface area contributed by atoms with Crippen LogP contribution < -0.4 is 5.32 Å². The van der Waals surface area contributed by atoms with Crippen molar-refractivity contribution < 1.29 is 9.18 Å². The predicted octanol–water partition coefficient (Wildman–Crippen LogP) is 2.87. The molecular weight excluding hydrogens is 277 g/mol. The Kier molecular flexibility index (Phi) is 6.78. The lowest BCUT2D eigenvalue weighted by molar-refractivity contribution is 0.0741. The molecule has 0 aromatic carbocycles. The van der Waals surface area contributed by atoms with E-state index in [-0.39, 0.29) is 17.5 Å². The van der Waals surface area contributed by atoms with Crippen molar-refractivity contribution in [2.45, 2.75) is 26.3 Å². The van der Waals surface area contributed by atoms with Gasteiger partial charge in [0.25, 0.3) is 5.91 Å². The van der Waals surface area contributed by atoms with Crippen LogP contribution in [-0.4, -0.2) is 47.4 Å². The van der Waals surface area contributed by atoms with Gasteiger partial charge in [-0.3, -0.25) is 4.79 Å². The molecule has 4 nitrogen and oxygen atoms in total. The average molecular weight is 299 g/mol. The number of thioether (sulfide) groups is 1. The van der Waals surface area contributed by atoms with Gasteiger partial charge in [0, 0.05) is 19.6 Å². The highest BCUT2D eigenvalue weighted by atomic mass is 32.2. The normalized spacial score (nSPS) is 12.1. The molecule has 1 aromatic heterocycles. The Morgan fingerprint density at radius 1 is 1.60 bits per heavy atom. The zero-order chi connectivity index (χ0) is 15.1. The first-order chi connectivity index (χ1) is 9.51. The predicted molar refractivity (Wildman–Crippen MR) is 82.9 cm³/mol. The van der Waals surface area contributed by atoms with Crippen LogP contribution in [0.1, 0.15) is 30.6 Å². The molecule has 1 unspecified atom stereocenters. The number of carbonyl (C=O) groups excluding carboxylic acids is 1. The van der Waals surface area contributed by atoms with Gasteiger partial charge in [0.15, 0.2) is 0 Å². The summed E-state index contributed by atoms with van der Waals surface area (Å²) in [7, 11) is 1.74. The lowest BCUT2D eigenvalue weighted by atomic mass is 10.1. The second kappa shape index (κ2) is 8.09. The van der Waals surface area contributed by atoms with Gasteiger partial charge >= 0.3 is 0 Å². The Morgan fingerprint density at radius 2 is 2.30 bits per heavy atom. The first kappa shape index (κ1) is 16.8. The second-order valence-electron chi connectivity index (χ2n) is 4.63. The number of pyridine rings is 1. The number of anilines is 1. The van der Waals surface area contributed by atoms with E-state index >= 15 is 0 Å². The van der Waals surface area contributed by atoms with Crippen molar-refractivity contribution in [1.82, 2.24) is 9.88 Å². The van der Waals surface area contributed by atoms with Crippen LogP contribution in [0.3, 0.4) is 0 Å². The minimum atomic E-state index is -0.500. The lowest BCUT2D eigenvalue weighted by Gasteiger charge is -2.25. The summed E-state index contributed by atoms with van der Waals surface area (Å²) >= 11 is 1.75. The highest BCUT2D eigenvalue weighted by Crippen LogP contribution is 2.18. The van der Waals surface area contributed by atoms with E-state index in [0.29, 0.717) is 12.4 Å². The van der Waals surface area contributed by atoms with E-state index in [0.717, 1.165) is 18.4 Å². The van der Waals surface area contributed by atoms with E-state index in [1.165, 1.54) is 6.07 Å². The Labute approximate surface area is 124 Å². The third kappa shape index (κ3) is 4.37. The lowest BCUT2D eigenvalue weighted by Crippen LogP contribution is -2.36. The fraction of sp³-hybridized carbons (Fsp3) is 0.571. The van der Waals surface area contributed by atoms with Crippen LogP contribution in [0, 0.1) is 5.82 Å². The summed E-state index contributed by atoms with van der Waals surface area (Å²) in [5, 5.41) is 2.99. The van der Waals surface area contributed by atoms with Crippen LogP contribution in [0.15, 0.2) is 12.3 Å². The van der Waals surface area contributed by atoms with Crippen LogP contribution in [-0.2, 0) is 0 Å². The summed E-state index contributed by atoms with van der Waals surface area (Å²) in [5.74, 6) is 0.713. The molecule has 0 spiro atoms. The van der Waals surface area contributed by atoms with Crippen molar-refractivity contribution in [3.63, 3.8) is 0 Å². The third-order valence-corrected chi connectivity index (χ3v) is 3.79. The van der Waals surface area contributed by atoms with Crippen LogP contribution in [0.2, 0.25) is 0 Å². The summed E-state index contributed by atoms with van der Waals surface area (Å²) in [4.78, 5) is 18.1. The van der Waals surface area contributed by atoms with Crippen molar-refractivity contribution in [3.8, 4) is 0 Å². The van der Waals surface area contributed by atoms with Crippen LogP contribution in [0.5, 0.6) is 0 Å². The third-order valence-electron chi connectivity index (χ3n) is 3.15. The highest BCUT2D eigenvalue weighted by Gasteiger charge is 2.21. The first-order valence-corrected chi connectivity index (χ1v) is 8.06. The van der Waals surface area contributed by atoms with Crippen LogP contribution in [0.4, 0.5) is 10.2 Å². The minimum absolute atomic E-state index is 0.104. The monoisotopic (exact) mass is 299 g/mol. The van der Waals surface area contributed by atoms with E-state index < -0.39 is 5.82 Å². The van der Waals surface area contributed by atoms with Crippen molar-refractivity contribution >= 4 is 23.5 Å². The van der Waals surface area contributed by atoms with Crippen LogP contribution >= 0.6 is 11.8 Å². The largest absolute Gasteiger partial charge is 0.370 e. The fourth-order valence-electron chi connectivity index (χ4n) is 1.78. The Balaban J connectivity index is 2.92. The van der Waals surface area contributed by atoms with Crippen molar-refractivity contribution in [3.05, 3.63) is 23.6 Å². The smallest absolute Gasteiger partial charge is 0.257 e. The van der Waals surface area contributed by atoms with E-state index in [9.17, 15) is 9.18 Å². The molecule has 1 heterocycles. The molecule has 1 aromatic rings. The number of rotatable bonds is 7. The van der Waals surface area contributed by atoms with E-state index in [1.54, 1.807) is 23.7 Å².